The van der Waals surface area contributed by atoms with E-state index >= 15 is 0 Å². The number of rotatable bonds is 2. The van der Waals surface area contributed by atoms with Crippen LogP contribution in [0.4, 0.5) is 26.3 Å². The Morgan fingerprint density at radius 1 is 0.650 bits per heavy atom. The maximum Gasteiger partial charge on any atom is 0.200 e. The molecule has 20 heavy (non-hydrogen) atoms. The molecular formula is C14H6F6. The zero-order chi connectivity index (χ0) is 14.9. The van der Waals surface area contributed by atoms with Crippen molar-refractivity contribution in [1.29, 1.82) is 0 Å². The summed E-state index contributed by atoms with van der Waals surface area (Å²) in [5.74, 6) is -10.7. The summed E-state index contributed by atoms with van der Waals surface area (Å²) in [6.07, 6.45) is 1.74. The summed E-state index contributed by atoms with van der Waals surface area (Å²) in [4.78, 5) is 0. The number of halogens is 6. The quantitative estimate of drug-likeness (QED) is 0.325. The molecule has 2 rings (SSSR count). The van der Waals surface area contributed by atoms with E-state index in [1.807, 2.05) is 0 Å². The summed E-state index contributed by atoms with van der Waals surface area (Å²) in [6.45, 7) is 0. The minimum absolute atomic E-state index is 0.217. The van der Waals surface area contributed by atoms with Gasteiger partial charge >= 0.3 is 0 Å². The fraction of sp³-hybridized carbons (Fsp3) is 0. The number of benzene rings is 2. The van der Waals surface area contributed by atoms with Crippen LogP contribution in [0.25, 0.3) is 12.2 Å². The maximum absolute atomic E-state index is 13.3. The van der Waals surface area contributed by atoms with Crippen LogP contribution in [-0.2, 0) is 0 Å². The van der Waals surface area contributed by atoms with Crippen molar-refractivity contribution in [3.63, 3.8) is 0 Å². The minimum atomic E-state index is -2.22. The average molecular weight is 288 g/mol. The van der Waals surface area contributed by atoms with Crippen LogP contribution in [0.3, 0.4) is 0 Å². The molecule has 0 atom stereocenters. The Kier molecular flexibility index (Phi) is 3.83. The molecule has 0 spiro atoms. The molecule has 0 N–H and O–H groups in total. The van der Waals surface area contributed by atoms with Crippen LogP contribution < -0.4 is 0 Å². The highest BCUT2D eigenvalue weighted by Crippen LogP contribution is 2.24. The monoisotopic (exact) mass is 288 g/mol. The summed E-state index contributed by atoms with van der Waals surface area (Å²) in [7, 11) is 0. The van der Waals surface area contributed by atoms with Gasteiger partial charge in [0.25, 0.3) is 0 Å². The zero-order valence-electron chi connectivity index (χ0n) is 9.73. The van der Waals surface area contributed by atoms with Crippen LogP contribution in [-0.4, -0.2) is 0 Å². The van der Waals surface area contributed by atoms with E-state index in [-0.39, 0.29) is 5.56 Å². The molecule has 0 aliphatic rings. The Labute approximate surface area is 110 Å². The molecule has 0 aromatic heterocycles. The summed E-state index contributed by atoms with van der Waals surface area (Å²) < 4.78 is 78.2. The first kappa shape index (κ1) is 14.2. The van der Waals surface area contributed by atoms with E-state index in [2.05, 4.69) is 0 Å². The van der Waals surface area contributed by atoms with E-state index in [9.17, 15) is 26.3 Å². The Hall–Kier alpha value is -2.24. The normalized spacial score (nSPS) is 11.3. The first-order valence-corrected chi connectivity index (χ1v) is 5.37. The van der Waals surface area contributed by atoms with Gasteiger partial charge in [0.1, 0.15) is 5.82 Å². The molecule has 0 nitrogen and oxygen atoms in total. The van der Waals surface area contributed by atoms with Gasteiger partial charge in [-0.25, -0.2) is 26.3 Å². The van der Waals surface area contributed by atoms with Gasteiger partial charge in [0, 0.05) is 0 Å². The second-order valence-electron chi connectivity index (χ2n) is 3.87. The van der Waals surface area contributed by atoms with Gasteiger partial charge in [-0.2, -0.15) is 0 Å². The standard InChI is InChI=1S/C14H6F6/c15-8-3-1-2-7(6-8)4-5-9-10(16)12(18)14(20)13(19)11(9)17/h1-6H/b5-4+. The second-order valence-corrected chi connectivity index (χ2v) is 3.87. The highest BCUT2D eigenvalue weighted by Gasteiger charge is 2.24. The molecule has 0 saturated carbocycles. The van der Waals surface area contributed by atoms with Crippen LogP contribution in [0.5, 0.6) is 0 Å². The molecular weight excluding hydrogens is 282 g/mol. The Morgan fingerprint density at radius 3 is 1.75 bits per heavy atom. The SMILES string of the molecule is Fc1cccc(/C=C/c2c(F)c(F)c(F)c(F)c2F)c1. The minimum Gasteiger partial charge on any atom is -0.207 e. The molecule has 0 heterocycles. The first-order valence-electron chi connectivity index (χ1n) is 5.37. The molecule has 104 valence electrons. The predicted octanol–water partition coefficient (Wildman–Crippen LogP) is 4.69. The largest absolute Gasteiger partial charge is 0.207 e. The Bertz CT molecular complexity index is 661. The predicted molar refractivity (Wildman–Crippen MR) is 61.6 cm³/mol. The van der Waals surface area contributed by atoms with Crippen LogP contribution in [0.1, 0.15) is 11.1 Å². The summed E-state index contributed by atoms with van der Waals surface area (Å²) in [5.41, 5.74) is -0.861. The van der Waals surface area contributed by atoms with Gasteiger partial charge in [-0.1, -0.05) is 18.2 Å². The average Bonchev–Trinajstić information content (AvgIpc) is 2.43. The first-order chi connectivity index (χ1) is 9.41. The maximum atomic E-state index is 13.3. The van der Waals surface area contributed by atoms with Crippen LogP contribution in [0, 0.1) is 34.9 Å². The molecule has 0 saturated heterocycles. The van der Waals surface area contributed by atoms with Crippen molar-refractivity contribution in [3.05, 3.63) is 70.3 Å². The van der Waals surface area contributed by atoms with Gasteiger partial charge < -0.3 is 0 Å². The van der Waals surface area contributed by atoms with Crippen molar-refractivity contribution in [2.24, 2.45) is 0 Å². The summed E-state index contributed by atoms with van der Waals surface area (Å²) >= 11 is 0. The molecule has 0 bridgehead atoms. The summed E-state index contributed by atoms with van der Waals surface area (Å²) in [6, 6.07) is 4.94. The van der Waals surface area contributed by atoms with Crippen molar-refractivity contribution in [2.75, 3.05) is 0 Å². The molecule has 0 radical (unpaired) electrons. The van der Waals surface area contributed by atoms with E-state index in [0.29, 0.717) is 6.08 Å². The molecule has 2 aromatic rings. The van der Waals surface area contributed by atoms with Gasteiger partial charge in [0.15, 0.2) is 23.3 Å². The smallest absolute Gasteiger partial charge is 0.200 e. The van der Waals surface area contributed by atoms with Crippen LogP contribution in [0.2, 0.25) is 0 Å². The molecule has 0 aliphatic carbocycles. The van der Waals surface area contributed by atoms with E-state index in [1.54, 1.807) is 0 Å². The van der Waals surface area contributed by atoms with Gasteiger partial charge in [0.05, 0.1) is 5.56 Å². The highest BCUT2D eigenvalue weighted by atomic mass is 19.2. The molecule has 2 aromatic carbocycles. The molecule has 0 aliphatic heterocycles. The third-order valence-corrected chi connectivity index (χ3v) is 2.53. The fourth-order valence-electron chi connectivity index (χ4n) is 1.56. The molecule has 6 heteroatoms. The lowest BCUT2D eigenvalue weighted by atomic mass is 10.1. The van der Waals surface area contributed by atoms with Crippen LogP contribution >= 0.6 is 0 Å². The van der Waals surface area contributed by atoms with E-state index < -0.39 is 40.5 Å². The third kappa shape index (κ3) is 2.54. The van der Waals surface area contributed by atoms with E-state index in [4.69, 9.17) is 0 Å². The van der Waals surface area contributed by atoms with Gasteiger partial charge in [-0.15, -0.1) is 0 Å². The van der Waals surface area contributed by atoms with Gasteiger partial charge in [-0.05, 0) is 23.8 Å². The van der Waals surface area contributed by atoms with Crippen molar-refractivity contribution in [3.8, 4) is 0 Å². The Balaban J connectivity index is 2.49. The fourth-order valence-corrected chi connectivity index (χ4v) is 1.56. The van der Waals surface area contributed by atoms with Crippen molar-refractivity contribution in [2.45, 2.75) is 0 Å². The van der Waals surface area contributed by atoms with Crippen molar-refractivity contribution >= 4 is 12.2 Å². The van der Waals surface area contributed by atoms with Gasteiger partial charge in [0.2, 0.25) is 5.82 Å². The van der Waals surface area contributed by atoms with Crippen molar-refractivity contribution < 1.29 is 26.3 Å². The van der Waals surface area contributed by atoms with E-state index in [1.165, 1.54) is 12.1 Å². The number of hydrogen-bond acceptors (Lipinski definition) is 0. The molecule has 0 unspecified atom stereocenters. The molecule has 0 fully saturated rings. The lowest BCUT2D eigenvalue weighted by Crippen LogP contribution is -2.03. The van der Waals surface area contributed by atoms with Crippen molar-refractivity contribution in [1.82, 2.24) is 0 Å². The number of hydrogen-bond donors (Lipinski definition) is 0. The Morgan fingerprint density at radius 2 is 1.20 bits per heavy atom. The second kappa shape index (κ2) is 5.40. The summed E-state index contributed by atoms with van der Waals surface area (Å²) in [5, 5.41) is 0. The molecule has 0 amide bonds. The lowest BCUT2D eigenvalue weighted by Gasteiger charge is -2.04. The lowest BCUT2D eigenvalue weighted by molar-refractivity contribution is 0.377. The van der Waals surface area contributed by atoms with Gasteiger partial charge in [-0.3, -0.25) is 0 Å². The highest BCUT2D eigenvalue weighted by molar-refractivity contribution is 5.70. The van der Waals surface area contributed by atoms with E-state index in [0.717, 1.165) is 18.2 Å². The topological polar surface area (TPSA) is 0 Å². The third-order valence-electron chi connectivity index (χ3n) is 2.53. The van der Waals surface area contributed by atoms with Crippen LogP contribution in [0.15, 0.2) is 24.3 Å². The zero-order valence-corrected chi connectivity index (χ0v) is 9.73.